The summed E-state index contributed by atoms with van der Waals surface area (Å²) in [6.45, 7) is 4.17. The molecule has 0 aliphatic carbocycles. The molecule has 0 saturated carbocycles. The van der Waals surface area contributed by atoms with Gasteiger partial charge in [0.1, 0.15) is 5.52 Å². The van der Waals surface area contributed by atoms with Crippen LogP contribution in [0.5, 0.6) is 0 Å². The van der Waals surface area contributed by atoms with Crippen LogP contribution in [0.4, 0.5) is 0 Å². The van der Waals surface area contributed by atoms with E-state index in [4.69, 9.17) is 4.42 Å². The van der Waals surface area contributed by atoms with Crippen molar-refractivity contribution in [2.75, 3.05) is 0 Å². The third-order valence-electron chi connectivity index (χ3n) is 2.67. The second kappa shape index (κ2) is 3.73. The van der Waals surface area contributed by atoms with E-state index in [0.29, 0.717) is 11.9 Å². The van der Waals surface area contributed by atoms with Crippen molar-refractivity contribution in [2.45, 2.75) is 19.9 Å². The summed E-state index contributed by atoms with van der Waals surface area (Å²) >= 11 is 0. The molecule has 0 saturated heterocycles. The lowest BCUT2D eigenvalue weighted by Gasteiger charge is -2.02. The molecule has 0 fully saturated rings. The molecule has 0 radical (unpaired) electrons. The lowest BCUT2D eigenvalue weighted by molar-refractivity contribution is 0.532. The summed E-state index contributed by atoms with van der Waals surface area (Å²) < 4.78 is 7.58. The highest BCUT2D eigenvalue weighted by Crippen LogP contribution is 2.24. The molecule has 0 amide bonds. The van der Waals surface area contributed by atoms with E-state index < -0.39 is 0 Å². The Kier molecular flexibility index (Phi) is 2.21. The fourth-order valence-electron chi connectivity index (χ4n) is 1.73. The van der Waals surface area contributed by atoms with Crippen molar-refractivity contribution >= 4 is 11.1 Å². The number of oxazole rings is 1. The van der Waals surface area contributed by atoms with E-state index in [1.54, 1.807) is 6.20 Å². The van der Waals surface area contributed by atoms with Crippen LogP contribution >= 0.6 is 0 Å². The van der Waals surface area contributed by atoms with Crippen LogP contribution in [0.15, 0.2) is 41.1 Å². The van der Waals surface area contributed by atoms with Crippen molar-refractivity contribution in [2.24, 2.45) is 0 Å². The standard InChI is InChI=1S/C13H13N3O/c1-9(2)16-8-10(7-14-16)13-15-11-5-3-4-6-12(11)17-13/h3-9H,1-2H3. The molecule has 86 valence electrons. The number of para-hydroxylation sites is 2. The van der Waals surface area contributed by atoms with Crippen molar-refractivity contribution in [3.63, 3.8) is 0 Å². The highest BCUT2D eigenvalue weighted by atomic mass is 16.3. The van der Waals surface area contributed by atoms with Crippen LogP contribution in [0.25, 0.3) is 22.6 Å². The van der Waals surface area contributed by atoms with E-state index in [0.717, 1.165) is 16.7 Å². The average Bonchev–Trinajstić information content (AvgIpc) is 2.95. The fraction of sp³-hybridized carbons (Fsp3) is 0.231. The maximum atomic E-state index is 5.68. The van der Waals surface area contributed by atoms with E-state index in [-0.39, 0.29) is 0 Å². The maximum Gasteiger partial charge on any atom is 0.230 e. The second-order valence-electron chi connectivity index (χ2n) is 4.29. The first-order valence-corrected chi connectivity index (χ1v) is 5.64. The molecule has 4 nitrogen and oxygen atoms in total. The van der Waals surface area contributed by atoms with Gasteiger partial charge in [0.05, 0.1) is 11.8 Å². The van der Waals surface area contributed by atoms with Crippen LogP contribution in [0.1, 0.15) is 19.9 Å². The predicted octanol–water partition coefficient (Wildman–Crippen LogP) is 3.27. The first-order valence-electron chi connectivity index (χ1n) is 5.64. The molecule has 17 heavy (non-hydrogen) atoms. The SMILES string of the molecule is CC(C)n1cc(-c2nc3ccccc3o2)cn1. The van der Waals surface area contributed by atoms with Crippen molar-refractivity contribution in [1.29, 1.82) is 0 Å². The van der Waals surface area contributed by atoms with Crippen LogP contribution < -0.4 is 0 Å². The summed E-state index contributed by atoms with van der Waals surface area (Å²) in [7, 11) is 0. The van der Waals surface area contributed by atoms with Gasteiger partial charge in [-0.1, -0.05) is 12.1 Å². The Morgan fingerprint density at radius 1 is 1.24 bits per heavy atom. The zero-order valence-electron chi connectivity index (χ0n) is 9.79. The number of benzene rings is 1. The Bertz CT molecular complexity index is 618. The fourth-order valence-corrected chi connectivity index (χ4v) is 1.73. The van der Waals surface area contributed by atoms with Crippen molar-refractivity contribution < 1.29 is 4.42 Å². The number of hydrogen-bond donors (Lipinski definition) is 0. The molecular formula is C13H13N3O. The Balaban J connectivity index is 2.07. The molecule has 0 N–H and O–H groups in total. The van der Waals surface area contributed by atoms with Crippen LogP contribution in [0.2, 0.25) is 0 Å². The molecule has 0 unspecified atom stereocenters. The van der Waals surface area contributed by atoms with Crippen molar-refractivity contribution in [3.05, 3.63) is 36.7 Å². The maximum absolute atomic E-state index is 5.68. The largest absolute Gasteiger partial charge is 0.436 e. The minimum Gasteiger partial charge on any atom is -0.436 e. The van der Waals surface area contributed by atoms with Gasteiger partial charge in [-0.3, -0.25) is 4.68 Å². The van der Waals surface area contributed by atoms with Gasteiger partial charge in [0, 0.05) is 12.2 Å². The monoisotopic (exact) mass is 227 g/mol. The molecular weight excluding hydrogens is 214 g/mol. The van der Waals surface area contributed by atoms with Gasteiger partial charge in [-0.05, 0) is 26.0 Å². The predicted molar refractivity (Wildman–Crippen MR) is 65.6 cm³/mol. The first kappa shape index (κ1) is 10.1. The van der Waals surface area contributed by atoms with Gasteiger partial charge in [0.15, 0.2) is 5.58 Å². The molecule has 0 aliphatic rings. The van der Waals surface area contributed by atoms with Gasteiger partial charge in [0.2, 0.25) is 5.89 Å². The van der Waals surface area contributed by atoms with E-state index in [9.17, 15) is 0 Å². The van der Waals surface area contributed by atoms with Crippen molar-refractivity contribution in [3.8, 4) is 11.5 Å². The molecule has 0 bridgehead atoms. The normalized spacial score (nSPS) is 11.5. The van der Waals surface area contributed by atoms with Crippen molar-refractivity contribution in [1.82, 2.24) is 14.8 Å². The van der Waals surface area contributed by atoms with E-state index in [2.05, 4.69) is 23.9 Å². The van der Waals surface area contributed by atoms with Crippen LogP contribution in [-0.4, -0.2) is 14.8 Å². The van der Waals surface area contributed by atoms with Gasteiger partial charge < -0.3 is 4.42 Å². The van der Waals surface area contributed by atoms with E-state index in [1.165, 1.54) is 0 Å². The number of nitrogens with zero attached hydrogens (tertiary/aromatic N) is 3. The van der Waals surface area contributed by atoms with E-state index in [1.807, 2.05) is 35.1 Å². The molecule has 3 rings (SSSR count). The number of rotatable bonds is 2. The van der Waals surface area contributed by atoms with E-state index >= 15 is 0 Å². The molecule has 4 heteroatoms. The van der Waals surface area contributed by atoms with Gasteiger partial charge in [-0.2, -0.15) is 5.10 Å². The zero-order chi connectivity index (χ0) is 11.8. The summed E-state index contributed by atoms with van der Waals surface area (Å²) in [5.74, 6) is 0.623. The Morgan fingerprint density at radius 2 is 2.06 bits per heavy atom. The number of aromatic nitrogens is 3. The van der Waals surface area contributed by atoms with Gasteiger partial charge in [-0.25, -0.2) is 4.98 Å². The first-order chi connectivity index (χ1) is 8.24. The van der Waals surface area contributed by atoms with Crippen LogP contribution in [0, 0.1) is 0 Å². The highest BCUT2D eigenvalue weighted by molar-refractivity contribution is 5.75. The molecule has 2 aromatic heterocycles. The Labute approximate surface area is 98.9 Å². The lowest BCUT2D eigenvalue weighted by Crippen LogP contribution is -1.99. The quantitative estimate of drug-likeness (QED) is 0.674. The van der Waals surface area contributed by atoms with Gasteiger partial charge in [0.25, 0.3) is 0 Å². The van der Waals surface area contributed by atoms with Gasteiger partial charge >= 0.3 is 0 Å². The molecule has 1 aromatic carbocycles. The molecule has 2 heterocycles. The lowest BCUT2D eigenvalue weighted by atomic mass is 10.3. The van der Waals surface area contributed by atoms with Gasteiger partial charge in [-0.15, -0.1) is 0 Å². The molecule has 3 aromatic rings. The number of fused-ring (bicyclic) bond motifs is 1. The average molecular weight is 227 g/mol. The molecule has 0 aliphatic heterocycles. The Hall–Kier alpha value is -2.10. The van der Waals surface area contributed by atoms with Crippen LogP contribution in [0.3, 0.4) is 0 Å². The topological polar surface area (TPSA) is 43.9 Å². The smallest absolute Gasteiger partial charge is 0.230 e. The summed E-state index contributed by atoms with van der Waals surface area (Å²) in [5, 5.41) is 4.28. The summed E-state index contributed by atoms with van der Waals surface area (Å²) in [6.07, 6.45) is 3.74. The van der Waals surface area contributed by atoms with Crippen LogP contribution in [-0.2, 0) is 0 Å². The number of hydrogen-bond acceptors (Lipinski definition) is 3. The third-order valence-corrected chi connectivity index (χ3v) is 2.67. The summed E-state index contributed by atoms with van der Waals surface area (Å²) in [5.41, 5.74) is 2.59. The highest BCUT2D eigenvalue weighted by Gasteiger charge is 2.10. The zero-order valence-corrected chi connectivity index (χ0v) is 9.79. The molecule has 0 spiro atoms. The second-order valence-corrected chi connectivity index (χ2v) is 4.29. The summed E-state index contributed by atoms with van der Waals surface area (Å²) in [4.78, 5) is 4.44. The minimum absolute atomic E-state index is 0.341. The Morgan fingerprint density at radius 3 is 2.76 bits per heavy atom. The minimum atomic E-state index is 0.341. The third kappa shape index (κ3) is 1.71. The summed E-state index contributed by atoms with van der Waals surface area (Å²) in [6, 6.07) is 8.09. The molecule has 0 atom stereocenters.